The van der Waals surface area contributed by atoms with Crippen LogP contribution in [0.5, 0.6) is 5.95 Å². The molecule has 3 aromatic rings. The molecule has 17 heavy (non-hydrogen) atoms. The topological polar surface area (TPSA) is 22.4 Å². The Balaban J connectivity index is 2.34. The third kappa shape index (κ3) is 1.58. The Bertz CT molecular complexity index is 638. The fourth-order valence-electron chi connectivity index (χ4n) is 2.04. The molecule has 0 fully saturated rings. The van der Waals surface area contributed by atoms with E-state index in [2.05, 4.69) is 12.1 Å². The predicted octanol–water partition coefficient (Wildman–Crippen LogP) is 4.11. The monoisotopic (exact) mass is 224 g/mol. The molecule has 0 aliphatic heterocycles. The van der Waals surface area contributed by atoms with Crippen molar-refractivity contribution in [3.05, 3.63) is 54.6 Å². The summed E-state index contributed by atoms with van der Waals surface area (Å²) in [6, 6.07) is 18.1. The molecule has 0 bridgehead atoms. The second kappa shape index (κ2) is 3.98. The molecule has 1 aromatic heterocycles. The second-order valence-corrected chi connectivity index (χ2v) is 3.83. The Morgan fingerprint density at radius 1 is 0.882 bits per heavy atom. The molecular formula is C15H12O2. The van der Waals surface area contributed by atoms with Crippen LogP contribution in [0.25, 0.3) is 22.1 Å². The largest absolute Gasteiger partial charge is 0.468 e. The lowest BCUT2D eigenvalue weighted by atomic mass is 10.0. The van der Waals surface area contributed by atoms with Gasteiger partial charge >= 0.3 is 0 Å². The Labute approximate surface area is 99.4 Å². The summed E-state index contributed by atoms with van der Waals surface area (Å²) in [7, 11) is 1.63. The van der Waals surface area contributed by atoms with Crippen LogP contribution in [0.4, 0.5) is 0 Å². The molecule has 0 aliphatic carbocycles. The minimum atomic E-state index is 0.567. The van der Waals surface area contributed by atoms with Crippen molar-refractivity contribution in [1.82, 2.24) is 0 Å². The summed E-state index contributed by atoms with van der Waals surface area (Å²) >= 11 is 0. The fourth-order valence-corrected chi connectivity index (χ4v) is 2.04. The average Bonchev–Trinajstić information content (AvgIpc) is 2.78. The summed E-state index contributed by atoms with van der Waals surface area (Å²) in [4.78, 5) is 0. The first-order valence-corrected chi connectivity index (χ1v) is 5.51. The van der Waals surface area contributed by atoms with Crippen LogP contribution in [0.3, 0.4) is 0 Å². The number of methoxy groups -OCH3 is 1. The number of hydrogen-bond donors (Lipinski definition) is 0. The van der Waals surface area contributed by atoms with Crippen molar-refractivity contribution in [3.8, 4) is 17.1 Å². The molecule has 3 rings (SSSR count). The van der Waals surface area contributed by atoms with Gasteiger partial charge < -0.3 is 9.15 Å². The molecule has 2 aromatic carbocycles. The fraction of sp³-hybridized carbons (Fsp3) is 0.0667. The molecule has 1 heterocycles. The number of furan rings is 1. The molecular weight excluding hydrogens is 212 g/mol. The number of rotatable bonds is 2. The molecule has 0 N–H and O–H groups in total. The van der Waals surface area contributed by atoms with Crippen LogP contribution in [0.1, 0.15) is 0 Å². The smallest absolute Gasteiger partial charge is 0.293 e. The van der Waals surface area contributed by atoms with Crippen LogP contribution in [0.15, 0.2) is 59.0 Å². The van der Waals surface area contributed by atoms with Gasteiger partial charge in [0.05, 0.1) is 12.7 Å². The molecule has 2 heteroatoms. The zero-order valence-corrected chi connectivity index (χ0v) is 9.51. The highest BCUT2D eigenvalue weighted by molar-refractivity contribution is 5.97. The van der Waals surface area contributed by atoms with Gasteiger partial charge in [0.25, 0.3) is 5.95 Å². The van der Waals surface area contributed by atoms with Gasteiger partial charge in [-0.05, 0) is 11.6 Å². The van der Waals surface area contributed by atoms with E-state index in [1.807, 2.05) is 42.5 Å². The lowest BCUT2D eigenvalue weighted by molar-refractivity contribution is 0.317. The van der Waals surface area contributed by atoms with Gasteiger partial charge in [-0.25, -0.2) is 0 Å². The summed E-state index contributed by atoms with van der Waals surface area (Å²) in [6.07, 6.45) is 0. The third-order valence-electron chi connectivity index (χ3n) is 2.81. The maximum atomic E-state index is 5.68. The molecule has 2 nitrogen and oxygen atoms in total. The second-order valence-electron chi connectivity index (χ2n) is 3.83. The molecule has 0 saturated carbocycles. The Kier molecular flexibility index (Phi) is 2.33. The van der Waals surface area contributed by atoms with Crippen molar-refractivity contribution >= 4 is 11.0 Å². The Hall–Kier alpha value is -2.22. The molecule has 0 radical (unpaired) electrons. The summed E-state index contributed by atoms with van der Waals surface area (Å²) in [5, 5.41) is 1.08. The Morgan fingerprint density at radius 2 is 1.59 bits per heavy atom. The van der Waals surface area contributed by atoms with Crippen molar-refractivity contribution < 1.29 is 9.15 Å². The summed E-state index contributed by atoms with van der Waals surface area (Å²) in [6.45, 7) is 0. The van der Waals surface area contributed by atoms with Crippen molar-refractivity contribution in [2.45, 2.75) is 0 Å². The number of hydrogen-bond acceptors (Lipinski definition) is 2. The van der Waals surface area contributed by atoms with E-state index in [0.717, 1.165) is 22.1 Å². The van der Waals surface area contributed by atoms with Gasteiger partial charge in [0.2, 0.25) is 0 Å². The van der Waals surface area contributed by atoms with E-state index in [0.29, 0.717) is 5.95 Å². The highest BCUT2D eigenvalue weighted by atomic mass is 16.6. The molecule has 0 aliphatic rings. The van der Waals surface area contributed by atoms with Gasteiger partial charge in [-0.2, -0.15) is 0 Å². The molecule has 0 unspecified atom stereocenters. The van der Waals surface area contributed by atoms with E-state index >= 15 is 0 Å². The number of ether oxygens (including phenoxy) is 1. The quantitative estimate of drug-likeness (QED) is 0.653. The maximum Gasteiger partial charge on any atom is 0.293 e. The lowest BCUT2D eigenvalue weighted by Gasteiger charge is -2.01. The van der Waals surface area contributed by atoms with Crippen LogP contribution in [0.2, 0.25) is 0 Å². The highest BCUT2D eigenvalue weighted by Gasteiger charge is 2.15. The maximum absolute atomic E-state index is 5.68. The third-order valence-corrected chi connectivity index (χ3v) is 2.81. The number of fused-ring (bicyclic) bond motifs is 1. The predicted molar refractivity (Wildman–Crippen MR) is 68.2 cm³/mol. The van der Waals surface area contributed by atoms with E-state index in [4.69, 9.17) is 9.15 Å². The minimum absolute atomic E-state index is 0.567. The summed E-state index contributed by atoms with van der Waals surface area (Å²) in [5.74, 6) is 0.567. The van der Waals surface area contributed by atoms with Gasteiger partial charge in [-0.15, -0.1) is 0 Å². The molecule has 0 amide bonds. The highest BCUT2D eigenvalue weighted by Crippen LogP contribution is 2.39. The van der Waals surface area contributed by atoms with Crippen LogP contribution < -0.4 is 4.74 Å². The van der Waals surface area contributed by atoms with Crippen LogP contribution in [-0.2, 0) is 0 Å². The molecule has 0 spiro atoms. The van der Waals surface area contributed by atoms with Crippen molar-refractivity contribution in [2.24, 2.45) is 0 Å². The molecule has 84 valence electrons. The van der Waals surface area contributed by atoms with Crippen LogP contribution >= 0.6 is 0 Å². The number of benzene rings is 2. The van der Waals surface area contributed by atoms with Gasteiger partial charge in [0.1, 0.15) is 5.58 Å². The SMILES string of the molecule is COc1oc2ccccc2c1-c1ccccc1. The van der Waals surface area contributed by atoms with Crippen LogP contribution in [0, 0.1) is 0 Å². The zero-order chi connectivity index (χ0) is 11.7. The van der Waals surface area contributed by atoms with Crippen LogP contribution in [-0.4, -0.2) is 7.11 Å². The first-order chi connectivity index (χ1) is 8.40. The first kappa shape index (κ1) is 9.97. The van der Waals surface area contributed by atoms with Crippen molar-refractivity contribution in [2.75, 3.05) is 7.11 Å². The summed E-state index contributed by atoms with van der Waals surface area (Å²) in [5.41, 5.74) is 2.97. The van der Waals surface area contributed by atoms with Gasteiger partial charge in [0.15, 0.2) is 0 Å². The van der Waals surface area contributed by atoms with Gasteiger partial charge in [-0.3, -0.25) is 0 Å². The van der Waals surface area contributed by atoms with Crippen molar-refractivity contribution in [3.63, 3.8) is 0 Å². The van der Waals surface area contributed by atoms with E-state index in [1.54, 1.807) is 7.11 Å². The molecule has 0 saturated heterocycles. The van der Waals surface area contributed by atoms with Gasteiger partial charge in [0, 0.05) is 5.39 Å². The zero-order valence-electron chi connectivity index (χ0n) is 9.51. The van der Waals surface area contributed by atoms with E-state index in [1.165, 1.54) is 0 Å². The summed E-state index contributed by atoms with van der Waals surface area (Å²) < 4.78 is 11.0. The van der Waals surface area contributed by atoms with E-state index in [9.17, 15) is 0 Å². The van der Waals surface area contributed by atoms with E-state index < -0.39 is 0 Å². The lowest BCUT2D eigenvalue weighted by Crippen LogP contribution is -1.83. The first-order valence-electron chi connectivity index (χ1n) is 5.51. The van der Waals surface area contributed by atoms with E-state index in [-0.39, 0.29) is 0 Å². The van der Waals surface area contributed by atoms with Gasteiger partial charge in [-0.1, -0.05) is 48.5 Å². The minimum Gasteiger partial charge on any atom is -0.468 e. The molecule has 0 atom stereocenters. The standard InChI is InChI=1S/C15H12O2/c1-16-15-14(11-7-3-2-4-8-11)12-9-5-6-10-13(12)17-15/h2-10H,1H3. The number of para-hydroxylation sites is 1. The average molecular weight is 224 g/mol. The normalized spacial score (nSPS) is 10.6. The Morgan fingerprint density at radius 3 is 2.35 bits per heavy atom. The van der Waals surface area contributed by atoms with Crippen molar-refractivity contribution in [1.29, 1.82) is 0 Å².